The van der Waals surface area contributed by atoms with Gasteiger partial charge in [-0.25, -0.2) is 13.4 Å². The SMILES string of the molecule is CN(C)c1ccc(-c2cncn2-c2ccc(S(C)(=O)=O)cc2)cc1Cl. The molecule has 0 unspecified atom stereocenters. The minimum absolute atomic E-state index is 0.288. The van der Waals surface area contributed by atoms with Crippen molar-refractivity contribution in [2.24, 2.45) is 0 Å². The number of nitrogens with zero attached hydrogens (tertiary/aromatic N) is 3. The van der Waals surface area contributed by atoms with E-state index in [9.17, 15) is 8.42 Å². The molecule has 0 N–H and O–H groups in total. The standard InChI is InChI=1S/C18H18ClN3O2S/c1-21(2)17-9-4-13(10-16(17)19)18-11-20-12-22(18)14-5-7-15(8-6-14)25(3,23)24/h4-12H,1-3H3. The van der Waals surface area contributed by atoms with Crippen LogP contribution in [-0.2, 0) is 9.84 Å². The number of anilines is 1. The lowest BCUT2D eigenvalue weighted by Crippen LogP contribution is -2.09. The van der Waals surface area contributed by atoms with Crippen molar-refractivity contribution >= 4 is 27.1 Å². The fraction of sp³-hybridized carbons (Fsp3) is 0.167. The summed E-state index contributed by atoms with van der Waals surface area (Å²) in [4.78, 5) is 6.46. The summed E-state index contributed by atoms with van der Waals surface area (Å²) >= 11 is 6.37. The van der Waals surface area contributed by atoms with Crippen LogP contribution in [0.15, 0.2) is 59.9 Å². The Balaban J connectivity index is 2.03. The highest BCUT2D eigenvalue weighted by atomic mass is 35.5. The van der Waals surface area contributed by atoms with Gasteiger partial charge in [0.1, 0.15) is 0 Å². The lowest BCUT2D eigenvalue weighted by Gasteiger charge is -2.16. The summed E-state index contributed by atoms with van der Waals surface area (Å²) in [6.45, 7) is 0. The van der Waals surface area contributed by atoms with E-state index < -0.39 is 9.84 Å². The molecule has 0 aliphatic carbocycles. The number of halogens is 1. The highest BCUT2D eigenvalue weighted by Gasteiger charge is 2.12. The lowest BCUT2D eigenvalue weighted by molar-refractivity contribution is 0.602. The van der Waals surface area contributed by atoms with Crippen LogP contribution in [-0.4, -0.2) is 38.3 Å². The van der Waals surface area contributed by atoms with E-state index in [1.807, 2.05) is 41.8 Å². The predicted molar refractivity (Wildman–Crippen MR) is 101 cm³/mol. The summed E-state index contributed by atoms with van der Waals surface area (Å²) in [5, 5.41) is 0.655. The van der Waals surface area contributed by atoms with Crippen LogP contribution in [0, 0.1) is 0 Å². The van der Waals surface area contributed by atoms with Crippen LogP contribution in [0.3, 0.4) is 0 Å². The second-order valence-electron chi connectivity index (χ2n) is 5.98. The van der Waals surface area contributed by atoms with E-state index in [0.717, 1.165) is 22.6 Å². The first-order valence-corrected chi connectivity index (χ1v) is 9.84. The maximum Gasteiger partial charge on any atom is 0.175 e. The molecule has 1 heterocycles. The molecule has 0 amide bonds. The summed E-state index contributed by atoms with van der Waals surface area (Å²) in [6, 6.07) is 12.6. The van der Waals surface area contributed by atoms with E-state index in [2.05, 4.69) is 4.98 Å². The molecule has 0 atom stereocenters. The first kappa shape index (κ1) is 17.5. The van der Waals surface area contributed by atoms with Crippen molar-refractivity contribution in [1.29, 1.82) is 0 Å². The highest BCUT2D eigenvalue weighted by molar-refractivity contribution is 7.90. The number of hydrogen-bond acceptors (Lipinski definition) is 4. The van der Waals surface area contributed by atoms with Crippen LogP contribution in [0.4, 0.5) is 5.69 Å². The van der Waals surface area contributed by atoms with E-state index in [1.165, 1.54) is 6.26 Å². The molecule has 0 fully saturated rings. The monoisotopic (exact) mass is 375 g/mol. The second kappa shape index (κ2) is 6.54. The van der Waals surface area contributed by atoms with E-state index in [0.29, 0.717) is 5.02 Å². The molecule has 0 saturated carbocycles. The molecule has 130 valence electrons. The molecule has 0 aliphatic rings. The smallest absolute Gasteiger partial charge is 0.175 e. The Morgan fingerprint density at radius 3 is 2.32 bits per heavy atom. The van der Waals surface area contributed by atoms with Crippen LogP contribution in [0.25, 0.3) is 16.9 Å². The second-order valence-corrected chi connectivity index (χ2v) is 8.40. The maximum absolute atomic E-state index is 11.6. The van der Waals surface area contributed by atoms with Crippen molar-refractivity contribution in [1.82, 2.24) is 9.55 Å². The Hall–Kier alpha value is -2.31. The van der Waals surface area contributed by atoms with Gasteiger partial charge in [-0.2, -0.15) is 0 Å². The van der Waals surface area contributed by atoms with E-state index in [1.54, 1.807) is 36.8 Å². The van der Waals surface area contributed by atoms with Gasteiger partial charge in [-0.05, 0) is 36.4 Å². The van der Waals surface area contributed by atoms with Crippen molar-refractivity contribution in [2.45, 2.75) is 4.90 Å². The molecule has 3 rings (SSSR count). The van der Waals surface area contributed by atoms with Gasteiger partial charge in [0.05, 0.1) is 33.8 Å². The van der Waals surface area contributed by atoms with E-state index in [-0.39, 0.29) is 4.90 Å². The topological polar surface area (TPSA) is 55.2 Å². The molecule has 0 aliphatic heterocycles. The summed E-state index contributed by atoms with van der Waals surface area (Å²) in [5.41, 5.74) is 3.57. The zero-order chi connectivity index (χ0) is 18.2. The molecule has 0 radical (unpaired) electrons. The first-order chi connectivity index (χ1) is 11.8. The van der Waals surface area contributed by atoms with Crippen LogP contribution in [0.1, 0.15) is 0 Å². The quantitative estimate of drug-likeness (QED) is 0.698. The average molecular weight is 376 g/mol. The third-order valence-electron chi connectivity index (χ3n) is 3.91. The summed E-state index contributed by atoms with van der Waals surface area (Å²) in [7, 11) is 0.662. The van der Waals surface area contributed by atoms with Gasteiger partial charge in [0.25, 0.3) is 0 Å². The van der Waals surface area contributed by atoms with Gasteiger partial charge < -0.3 is 4.90 Å². The molecule has 7 heteroatoms. The average Bonchev–Trinajstić information content (AvgIpc) is 3.03. The third-order valence-corrected chi connectivity index (χ3v) is 5.34. The Labute approximate surface area is 152 Å². The summed E-state index contributed by atoms with van der Waals surface area (Å²) in [5.74, 6) is 0. The van der Waals surface area contributed by atoms with Crippen LogP contribution in [0.2, 0.25) is 5.02 Å². The predicted octanol–water partition coefficient (Wildman–Crippen LogP) is 3.66. The molecule has 1 aromatic heterocycles. The Morgan fingerprint density at radius 2 is 1.76 bits per heavy atom. The van der Waals surface area contributed by atoms with Crippen LogP contribution >= 0.6 is 11.6 Å². The van der Waals surface area contributed by atoms with Crippen molar-refractivity contribution in [3.05, 3.63) is 60.0 Å². The third kappa shape index (κ3) is 3.55. The highest BCUT2D eigenvalue weighted by Crippen LogP contribution is 2.31. The van der Waals surface area contributed by atoms with Crippen molar-refractivity contribution in [2.75, 3.05) is 25.3 Å². The summed E-state index contributed by atoms with van der Waals surface area (Å²) in [6.07, 6.45) is 4.64. The fourth-order valence-corrected chi connectivity index (χ4v) is 3.58. The molecule has 3 aromatic rings. The molecular formula is C18H18ClN3O2S. The zero-order valence-corrected chi connectivity index (χ0v) is 15.7. The van der Waals surface area contributed by atoms with E-state index >= 15 is 0 Å². The number of benzene rings is 2. The number of aromatic nitrogens is 2. The number of sulfone groups is 1. The van der Waals surface area contributed by atoms with Crippen molar-refractivity contribution < 1.29 is 8.42 Å². The maximum atomic E-state index is 11.6. The minimum Gasteiger partial charge on any atom is -0.376 e. The first-order valence-electron chi connectivity index (χ1n) is 7.57. The molecule has 0 spiro atoms. The van der Waals surface area contributed by atoms with Gasteiger partial charge in [0.2, 0.25) is 0 Å². The Bertz CT molecular complexity index is 1010. The Kier molecular flexibility index (Phi) is 4.58. The number of rotatable bonds is 4. The van der Waals surface area contributed by atoms with Gasteiger partial charge >= 0.3 is 0 Å². The van der Waals surface area contributed by atoms with Gasteiger partial charge in [0, 0.05) is 31.6 Å². The van der Waals surface area contributed by atoms with Crippen molar-refractivity contribution in [3.63, 3.8) is 0 Å². The van der Waals surface area contributed by atoms with Crippen LogP contribution < -0.4 is 4.90 Å². The zero-order valence-electron chi connectivity index (χ0n) is 14.1. The fourth-order valence-electron chi connectivity index (χ4n) is 2.60. The van der Waals surface area contributed by atoms with Gasteiger partial charge in [-0.15, -0.1) is 0 Å². The lowest BCUT2D eigenvalue weighted by atomic mass is 10.1. The molecular weight excluding hydrogens is 358 g/mol. The normalized spacial score (nSPS) is 11.5. The van der Waals surface area contributed by atoms with Gasteiger partial charge in [0.15, 0.2) is 9.84 Å². The summed E-state index contributed by atoms with van der Waals surface area (Å²) < 4.78 is 25.1. The molecule has 25 heavy (non-hydrogen) atoms. The van der Waals surface area contributed by atoms with Crippen molar-refractivity contribution in [3.8, 4) is 16.9 Å². The molecule has 2 aromatic carbocycles. The molecule has 0 saturated heterocycles. The van der Waals surface area contributed by atoms with Gasteiger partial charge in [-0.3, -0.25) is 4.57 Å². The minimum atomic E-state index is -3.22. The number of imidazole rings is 1. The van der Waals surface area contributed by atoms with E-state index in [4.69, 9.17) is 11.6 Å². The van der Waals surface area contributed by atoms with Crippen LogP contribution in [0.5, 0.6) is 0 Å². The number of hydrogen-bond donors (Lipinski definition) is 0. The largest absolute Gasteiger partial charge is 0.376 e. The molecule has 5 nitrogen and oxygen atoms in total. The molecule has 0 bridgehead atoms. The van der Waals surface area contributed by atoms with Gasteiger partial charge in [-0.1, -0.05) is 17.7 Å². The Morgan fingerprint density at radius 1 is 1.08 bits per heavy atom.